The van der Waals surface area contributed by atoms with E-state index in [0.717, 1.165) is 12.1 Å². The van der Waals surface area contributed by atoms with Crippen LogP contribution >= 0.6 is 0 Å². The van der Waals surface area contributed by atoms with Crippen molar-refractivity contribution in [2.75, 3.05) is 5.32 Å². The summed E-state index contributed by atoms with van der Waals surface area (Å²) >= 11 is 0. The summed E-state index contributed by atoms with van der Waals surface area (Å²) in [5, 5.41) is 21.0. The summed E-state index contributed by atoms with van der Waals surface area (Å²) in [7, 11) is 0. The molecule has 0 amide bonds. The number of rotatable bonds is 1. The fraction of sp³-hybridized carbons (Fsp3) is 0.300. The summed E-state index contributed by atoms with van der Waals surface area (Å²) < 4.78 is 0. The molecule has 2 atom stereocenters. The molecular formula is C10H10N2O. The monoisotopic (exact) mass is 174 g/mol. The SMILES string of the molecule is N#C[C@H](O)[C@@H]1Cc2ccccc2N1. The lowest BCUT2D eigenvalue weighted by Crippen LogP contribution is -2.30. The van der Waals surface area contributed by atoms with Crippen molar-refractivity contribution in [3.63, 3.8) is 0 Å². The predicted octanol–water partition coefficient (Wildman–Crippen LogP) is 0.908. The minimum atomic E-state index is -0.924. The maximum absolute atomic E-state index is 9.31. The average Bonchev–Trinajstić information content (AvgIpc) is 2.59. The molecule has 2 N–H and O–H groups in total. The smallest absolute Gasteiger partial charge is 0.160 e. The van der Waals surface area contributed by atoms with Crippen LogP contribution in [0.25, 0.3) is 0 Å². The van der Waals surface area contributed by atoms with Gasteiger partial charge in [-0.25, -0.2) is 0 Å². The first-order valence-corrected chi connectivity index (χ1v) is 4.23. The van der Waals surface area contributed by atoms with Gasteiger partial charge in [-0.1, -0.05) is 18.2 Å². The standard InChI is InChI=1S/C10H10N2O/c11-6-10(13)9-5-7-3-1-2-4-8(7)12-9/h1-4,9-10,12-13H,5H2/t9-,10-/m0/s1. The van der Waals surface area contributed by atoms with Gasteiger partial charge >= 0.3 is 0 Å². The summed E-state index contributed by atoms with van der Waals surface area (Å²) in [6.45, 7) is 0. The highest BCUT2D eigenvalue weighted by Gasteiger charge is 2.25. The Balaban J connectivity index is 2.19. The fourth-order valence-electron chi connectivity index (χ4n) is 1.61. The van der Waals surface area contributed by atoms with Gasteiger partial charge in [-0.2, -0.15) is 5.26 Å². The fourth-order valence-corrected chi connectivity index (χ4v) is 1.61. The van der Waals surface area contributed by atoms with Crippen LogP contribution < -0.4 is 5.32 Å². The number of benzene rings is 1. The van der Waals surface area contributed by atoms with Gasteiger partial charge in [0.1, 0.15) is 0 Å². The van der Waals surface area contributed by atoms with Gasteiger partial charge in [0.15, 0.2) is 6.10 Å². The normalized spacial score (nSPS) is 21.4. The molecule has 0 aliphatic carbocycles. The lowest BCUT2D eigenvalue weighted by molar-refractivity contribution is 0.208. The number of aliphatic hydroxyl groups is 1. The Morgan fingerprint density at radius 3 is 3.00 bits per heavy atom. The number of para-hydroxylation sites is 1. The Morgan fingerprint density at radius 2 is 2.31 bits per heavy atom. The van der Waals surface area contributed by atoms with Gasteiger partial charge in [-0.05, 0) is 18.1 Å². The highest BCUT2D eigenvalue weighted by Crippen LogP contribution is 2.26. The molecule has 2 rings (SSSR count). The van der Waals surface area contributed by atoms with E-state index in [2.05, 4.69) is 5.32 Å². The minimum Gasteiger partial charge on any atom is -0.378 e. The number of hydrogen-bond donors (Lipinski definition) is 2. The van der Waals surface area contributed by atoms with Crippen molar-refractivity contribution in [1.29, 1.82) is 5.26 Å². The maximum atomic E-state index is 9.31. The van der Waals surface area contributed by atoms with Crippen molar-refractivity contribution in [1.82, 2.24) is 0 Å². The van der Waals surface area contributed by atoms with Crippen LogP contribution in [0.5, 0.6) is 0 Å². The van der Waals surface area contributed by atoms with E-state index in [-0.39, 0.29) is 6.04 Å². The van der Waals surface area contributed by atoms with Gasteiger partial charge in [0.05, 0.1) is 12.1 Å². The zero-order valence-corrected chi connectivity index (χ0v) is 7.07. The van der Waals surface area contributed by atoms with Crippen LogP contribution in [0.15, 0.2) is 24.3 Å². The summed E-state index contributed by atoms with van der Waals surface area (Å²) in [6, 6.07) is 9.55. The van der Waals surface area contributed by atoms with E-state index in [0.29, 0.717) is 0 Å². The second kappa shape index (κ2) is 3.08. The molecule has 66 valence electrons. The zero-order valence-electron chi connectivity index (χ0n) is 7.07. The van der Waals surface area contributed by atoms with Crippen molar-refractivity contribution in [3.8, 4) is 6.07 Å². The first kappa shape index (κ1) is 8.09. The third-order valence-corrected chi connectivity index (χ3v) is 2.31. The number of hydrogen-bond acceptors (Lipinski definition) is 3. The minimum absolute atomic E-state index is 0.151. The van der Waals surface area contributed by atoms with E-state index in [9.17, 15) is 5.11 Å². The molecule has 1 aromatic rings. The molecule has 1 heterocycles. The van der Waals surface area contributed by atoms with E-state index in [1.54, 1.807) is 0 Å². The van der Waals surface area contributed by atoms with Crippen LogP contribution in [-0.4, -0.2) is 17.3 Å². The zero-order chi connectivity index (χ0) is 9.26. The second-order valence-corrected chi connectivity index (χ2v) is 3.19. The van der Waals surface area contributed by atoms with Crippen LogP contribution in [-0.2, 0) is 6.42 Å². The Morgan fingerprint density at radius 1 is 1.54 bits per heavy atom. The molecule has 0 bridgehead atoms. The second-order valence-electron chi connectivity index (χ2n) is 3.19. The number of nitrogens with one attached hydrogen (secondary N) is 1. The molecule has 0 fully saturated rings. The number of nitrogens with zero attached hydrogens (tertiary/aromatic N) is 1. The third-order valence-electron chi connectivity index (χ3n) is 2.31. The van der Waals surface area contributed by atoms with Gasteiger partial charge in [0.25, 0.3) is 0 Å². The summed E-state index contributed by atoms with van der Waals surface area (Å²) in [6.07, 6.45) is -0.197. The average molecular weight is 174 g/mol. The summed E-state index contributed by atoms with van der Waals surface area (Å²) in [4.78, 5) is 0. The largest absolute Gasteiger partial charge is 0.378 e. The Hall–Kier alpha value is -1.53. The van der Waals surface area contributed by atoms with Crippen molar-refractivity contribution in [2.24, 2.45) is 0 Å². The first-order valence-electron chi connectivity index (χ1n) is 4.23. The molecular weight excluding hydrogens is 164 g/mol. The maximum Gasteiger partial charge on any atom is 0.160 e. The van der Waals surface area contributed by atoms with Crippen molar-refractivity contribution in [2.45, 2.75) is 18.6 Å². The van der Waals surface area contributed by atoms with E-state index in [1.165, 1.54) is 5.56 Å². The van der Waals surface area contributed by atoms with Crippen LogP contribution in [0.1, 0.15) is 5.56 Å². The van der Waals surface area contributed by atoms with E-state index < -0.39 is 6.10 Å². The molecule has 3 heteroatoms. The molecule has 1 aromatic carbocycles. The molecule has 0 saturated carbocycles. The molecule has 0 unspecified atom stereocenters. The van der Waals surface area contributed by atoms with Crippen LogP contribution in [0.4, 0.5) is 5.69 Å². The number of nitriles is 1. The summed E-state index contributed by atoms with van der Waals surface area (Å²) in [5.74, 6) is 0. The van der Waals surface area contributed by atoms with Gasteiger partial charge in [0, 0.05) is 5.69 Å². The first-order chi connectivity index (χ1) is 6.31. The molecule has 1 aliphatic heterocycles. The van der Waals surface area contributed by atoms with Gasteiger partial charge in [-0.15, -0.1) is 0 Å². The predicted molar refractivity (Wildman–Crippen MR) is 49.2 cm³/mol. The lowest BCUT2D eigenvalue weighted by atomic mass is 10.1. The highest BCUT2D eigenvalue weighted by molar-refractivity contribution is 5.57. The Bertz CT molecular complexity index is 331. The number of anilines is 1. The van der Waals surface area contributed by atoms with Crippen molar-refractivity contribution < 1.29 is 5.11 Å². The van der Waals surface area contributed by atoms with Crippen molar-refractivity contribution in [3.05, 3.63) is 29.8 Å². The molecule has 0 aromatic heterocycles. The Kier molecular flexibility index (Phi) is 1.91. The van der Waals surface area contributed by atoms with Crippen LogP contribution in [0.3, 0.4) is 0 Å². The molecule has 0 saturated heterocycles. The van der Waals surface area contributed by atoms with Gasteiger partial charge in [0.2, 0.25) is 0 Å². The number of aliphatic hydroxyl groups excluding tert-OH is 1. The van der Waals surface area contributed by atoms with Gasteiger partial charge < -0.3 is 10.4 Å². The molecule has 0 spiro atoms. The lowest BCUT2D eigenvalue weighted by Gasteiger charge is -2.11. The van der Waals surface area contributed by atoms with E-state index in [4.69, 9.17) is 5.26 Å². The number of fused-ring (bicyclic) bond motifs is 1. The van der Waals surface area contributed by atoms with Gasteiger partial charge in [-0.3, -0.25) is 0 Å². The van der Waals surface area contributed by atoms with Crippen LogP contribution in [0.2, 0.25) is 0 Å². The highest BCUT2D eigenvalue weighted by atomic mass is 16.3. The summed E-state index contributed by atoms with van der Waals surface area (Å²) in [5.41, 5.74) is 2.20. The van der Waals surface area contributed by atoms with Crippen molar-refractivity contribution >= 4 is 5.69 Å². The quantitative estimate of drug-likeness (QED) is 0.622. The topological polar surface area (TPSA) is 56.0 Å². The Labute approximate surface area is 76.6 Å². The molecule has 1 aliphatic rings. The van der Waals surface area contributed by atoms with E-state index >= 15 is 0 Å². The van der Waals surface area contributed by atoms with Crippen LogP contribution in [0, 0.1) is 11.3 Å². The molecule has 3 nitrogen and oxygen atoms in total. The molecule has 13 heavy (non-hydrogen) atoms. The van der Waals surface area contributed by atoms with E-state index in [1.807, 2.05) is 30.3 Å². The molecule has 0 radical (unpaired) electrons. The third kappa shape index (κ3) is 1.36.